The fraction of sp³-hybridized carbons (Fsp3) is 0.333. The number of anilines is 3. The predicted octanol–water partition coefficient (Wildman–Crippen LogP) is 3.16. The van der Waals surface area contributed by atoms with E-state index in [0.717, 1.165) is 22.8 Å². The molecule has 0 radical (unpaired) electrons. The normalized spacial score (nSPS) is 11.7. The van der Waals surface area contributed by atoms with Crippen molar-refractivity contribution in [1.29, 1.82) is 0 Å². The van der Waals surface area contributed by atoms with Crippen LogP contribution in [-0.2, 0) is 9.53 Å². The summed E-state index contributed by atoms with van der Waals surface area (Å²) < 4.78 is 9.08. The van der Waals surface area contributed by atoms with Gasteiger partial charge in [0.1, 0.15) is 10.9 Å². The molecule has 0 saturated carbocycles. The van der Waals surface area contributed by atoms with E-state index in [9.17, 15) is 14.4 Å². The molecule has 11 heteroatoms. The first kappa shape index (κ1) is 28.6. The van der Waals surface area contributed by atoms with Crippen LogP contribution in [0.4, 0.5) is 17.1 Å². The van der Waals surface area contributed by atoms with Crippen LogP contribution < -0.4 is 26.6 Å². The van der Waals surface area contributed by atoms with Crippen LogP contribution >= 0.6 is 11.5 Å². The van der Waals surface area contributed by atoms with Gasteiger partial charge < -0.3 is 26.4 Å². The summed E-state index contributed by atoms with van der Waals surface area (Å²) in [7, 11) is 5.37. The number of benzene rings is 2. The third-order valence-corrected chi connectivity index (χ3v) is 6.90. The van der Waals surface area contributed by atoms with Gasteiger partial charge in [-0.05, 0) is 52.8 Å². The molecule has 5 N–H and O–H groups in total. The van der Waals surface area contributed by atoms with E-state index in [0.29, 0.717) is 17.9 Å². The van der Waals surface area contributed by atoms with E-state index in [2.05, 4.69) is 23.5 Å². The zero-order chi connectivity index (χ0) is 28.0. The number of rotatable bonds is 11. The van der Waals surface area contributed by atoms with Crippen molar-refractivity contribution in [3.05, 3.63) is 70.2 Å². The molecule has 1 atom stereocenters. The molecule has 0 saturated heterocycles. The molecular formula is C27H34N6O4S. The van der Waals surface area contributed by atoms with Gasteiger partial charge in [0.15, 0.2) is 5.69 Å². The Morgan fingerprint density at radius 3 is 2.08 bits per heavy atom. The molecular weight excluding hydrogens is 504 g/mol. The summed E-state index contributed by atoms with van der Waals surface area (Å²) in [5.41, 5.74) is 14.3. The third kappa shape index (κ3) is 6.29. The van der Waals surface area contributed by atoms with Gasteiger partial charge in [0, 0.05) is 39.1 Å². The average molecular weight is 539 g/mol. The zero-order valence-electron chi connectivity index (χ0n) is 22.2. The van der Waals surface area contributed by atoms with Crippen molar-refractivity contribution in [2.75, 3.05) is 49.9 Å². The van der Waals surface area contributed by atoms with Gasteiger partial charge >= 0.3 is 0 Å². The highest BCUT2D eigenvalue weighted by Gasteiger charge is 2.36. The molecule has 202 valence electrons. The van der Waals surface area contributed by atoms with Gasteiger partial charge in [-0.3, -0.25) is 19.3 Å². The lowest BCUT2D eigenvalue weighted by atomic mass is 10.00. The lowest BCUT2D eigenvalue weighted by Gasteiger charge is -2.31. The summed E-state index contributed by atoms with van der Waals surface area (Å²) >= 11 is 0.770. The molecule has 0 aliphatic heterocycles. The van der Waals surface area contributed by atoms with Crippen LogP contribution in [0.1, 0.15) is 57.1 Å². The Bertz CT molecular complexity index is 1270. The van der Waals surface area contributed by atoms with Crippen LogP contribution in [-0.4, -0.2) is 56.5 Å². The van der Waals surface area contributed by atoms with E-state index < -0.39 is 23.8 Å². The van der Waals surface area contributed by atoms with E-state index in [1.165, 1.54) is 4.90 Å². The second-order valence-corrected chi connectivity index (χ2v) is 10.0. The number of carbonyl (C=O) groups excluding carboxylic acids is 3. The van der Waals surface area contributed by atoms with Crippen molar-refractivity contribution < 1.29 is 19.1 Å². The minimum Gasteiger partial charge on any atom is -0.395 e. The molecule has 3 amide bonds. The number of ether oxygens (including phenoxy) is 1. The second kappa shape index (κ2) is 12.5. The van der Waals surface area contributed by atoms with Crippen LogP contribution in [0.5, 0.6) is 0 Å². The number of aromatic nitrogens is 1. The minimum atomic E-state index is -1.06. The van der Waals surface area contributed by atoms with E-state index in [1.54, 1.807) is 19.2 Å². The quantitative estimate of drug-likeness (QED) is 0.318. The molecule has 0 aliphatic rings. The minimum absolute atomic E-state index is 0.0198. The maximum absolute atomic E-state index is 14.1. The maximum Gasteiger partial charge on any atom is 0.273 e. The summed E-state index contributed by atoms with van der Waals surface area (Å²) in [5.74, 6) is -1.54. The Morgan fingerprint density at radius 1 is 1.00 bits per heavy atom. The van der Waals surface area contributed by atoms with E-state index >= 15 is 0 Å². The lowest BCUT2D eigenvalue weighted by Crippen LogP contribution is -2.44. The van der Waals surface area contributed by atoms with E-state index in [4.69, 9.17) is 16.2 Å². The number of carbonyl (C=O) groups is 3. The zero-order valence-corrected chi connectivity index (χ0v) is 23.0. The summed E-state index contributed by atoms with van der Waals surface area (Å²) in [6.07, 6.45) is 0. The largest absolute Gasteiger partial charge is 0.395 e. The van der Waals surface area contributed by atoms with Gasteiger partial charge in [-0.25, -0.2) is 0 Å². The fourth-order valence-corrected chi connectivity index (χ4v) is 4.63. The first-order chi connectivity index (χ1) is 18.1. The summed E-state index contributed by atoms with van der Waals surface area (Å²) in [4.78, 5) is 42.9. The van der Waals surface area contributed by atoms with Crippen LogP contribution in [0.2, 0.25) is 0 Å². The first-order valence-electron chi connectivity index (χ1n) is 12.1. The van der Waals surface area contributed by atoms with Crippen molar-refractivity contribution in [3.8, 4) is 0 Å². The summed E-state index contributed by atoms with van der Waals surface area (Å²) in [5, 5.41) is 2.86. The van der Waals surface area contributed by atoms with Crippen LogP contribution in [0.15, 0.2) is 48.5 Å². The van der Waals surface area contributed by atoms with Crippen LogP contribution in [0, 0.1) is 0 Å². The molecule has 0 unspecified atom stereocenters. The first-order valence-corrected chi connectivity index (χ1v) is 12.9. The van der Waals surface area contributed by atoms with Crippen molar-refractivity contribution in [3.63, 3.8) is 0 Å². The highest BCUT2D eigenvalue weighted by Crippen LogP contribution is 2.34. The van der Waals surface area contributed by atoms with Crippen molar-refractivity contribution in [1.82, 2.24) is 9.69 Å². The van der Waals surface area contributed by atoms with Gasteiger partial charge in [0.2, 0.25) is 5.91 Å². The number of nitrogens with two attached hydrogens (primary N) is 2. The summed E-state index contributed by atoms with van der Waals surface area (Å²) in [6.45, 7) is 4.70. The van der Waals surface area contributed by atoms with Gasteiger partial charge in [-0.2, -0.15) is 4.37 Å². The number of hydrogen-bond donors (Lipinski definition) is 3. The van der Waals surface area contributed by atoms with Gasteiger partial charge in [-0.15, -0.1) is 0 Å². The van der Waals surface area contributed by atoms with E-state index in [-0.39, 0.29) is 28.7 Å². The van der Waals surface area contributed by atoms with Crippen molar-refractivity contribution in [2.24, 2.45) is 5.73 Å². The molecule has 3 rings (SSSR count). The number of primary amides is 1. The number of nitrogen functional groups attached to an aromatic ring is 1. The Morgan fingerprint density at radius 2 is 1.58 bits per heavy atom. The molecule has 2 aromatic carbocycles. The predicted molar refractivity (Wildman–Crippen MR) is 151 cm³/mol. The molecule has 0 fully saturated rings. The highest BCUT2D eigenvalue weighted by molar-refractivity contribution is 7.09. The number of amides is 3. The van der Waals surface area contributed by atoms with Gasteiger partial charge in [0.25, 0.3) is 11.8 Å². The summed E-state index contributed by atoms with van der Waals surface area (Å²) in [6, 6.07) is 13.7. The number of hydrogen-bond acceptors (Lipinski definition) is 8. The van der Waals surface area contributed by atoms with Crippen LogP contribution in [0.25, 0.3) is 0 Å². The molecule has 0 aliphatic carbocycles. The topological polar surface area (TPSA) is 144 Å². The maximum atomic E-state index is 14.1. The Labute approximate surface area is 226 Å². The molecule has 1 aromatic heterocycles. The fourth-order valence-electron chi connectivity index (χ4n) is 3.89. The highest BCUT2D eigenvalue weighted by atomic mass is 32.1. The lowest BCUT2D eigenvalue weighted by molar-refractivity contribution is -0.122. The van der Waals surface area contributed by atoms with E-state index in [1.807, 2.05) is 55.4 Å². The molecule has 1 heterocycles. The number of methoxy groups -OCH3 is 1. The average Bonchev–Trinajstić information content (AvgIpc) is 3.28. The Balaban J connectivity index is 2.19. The van der Waals surface area contributed by atoms with Crippen LogP contribution in [0.3, 0.4) is 0 Å². The number of nitrogens with one attached hydrogen (secondary N) is 1. The Kier molecular flexibility index (Phi) is 9.43. The second-order valence-electron chi connectivity index (χ2n) is 9.23. The third-order valence-electron chi connectivity index (χ3n) is 6.05. The molecule has 38 heavy (non-hydrogen) atoms. The standard InChI is InChI=1S/C27H34N6O4S/c1-16(2)17-6-12-20(13-7-17)33(27(36)24-21(28)22(25(29)34)31-38-24)23(26(35)30-14-15-37-5)18-8-10-19(11-9-18)32(3)4/h6-13,16,23H,14-15,28H2,1-5H3,(H2,29,34)(H,30,35)/t23-/m0/s1. The molecule has 3 aromatic rings. The van der Waals surface area contributed by atoms with Crippen molar-refractivity contribution in [2.45, 2.75) is 25.8 Å². The SMILES string of the molecule is COCCNC(=O)[C@H](c1ccc(N(C)C)cc1)N(C(=O)c1snc(C(N)=O)c1N)c1ccc(C(C)C)cc1. The molecule has 0 bridgehead atoms. The molecule has 10 nitrogen and oxygen atoms in total. The van der Waals surface area contributed by atoms with Gasteiger partial charge in [-0.1, -0.05) is 38.1 Å². The van der Waals surface area contributed by atoms with Gasteiger partial charge in [0.05, 0.1) is 12.3 Å². The monoisotopic (exact) mass is 538 g/mol. The Hall–Kier alpha value is -3.96. The molecule has 0 spiro atoms. The smallest absolute Gasteiger partial charge is 0.273 e. The van der Waals surface area contributed by atoms with Crippen molar-refractivity contribution >= 4 is 46.3 Å². The number of nitrogens with zero attached hydrogens (tertiary/aromatic N) is 3.